The number of rotatable bonds is 10. The molecule has 168 valence electrons. The number of carbonyl (C=O) groups is 1. The summed E-state index contributed by atoms with van der Waals surface area (Å²) in [6, 6.07) is 21.7. The molecule has 6 nitrogen and oxygen atoms in total. The first-order chi connectivity index (χ1) is 15.3. The standard InChI is InChI=1S/C24H25FN2O4S/c1-32(29,30)27(23-13-11-22(25)12-14-23)17-19-7-9-21(10-8-19)24(28)26-15-16-31-18-20-5-3-2-4-6-20/h2-14H,15-18H2,1H3,(H,26,28). The van der Waals surface area contributed by atoms with E-state index in [9.17, 15) is 17.6 Å². The Morgan fingerprint density at radius 2 is 1.59 bits per heavy atom. The molecule has 3 aromatic carbocycles. The van der Waals surface area contributed by atoms with Gasteiger partial charge in [0.25, 0.3) is 5.91 Å². The van der Waals surface area contributed by atoms with Crippen LogP contribution >= 0.6 is 0 Å². The number of nitrogens with zero attached hydrogens (tertiary/aromatic N) is 1. The second-order valence-electron chi connectivity index (χ2n) is 7.24. The highest BCUT2D eigenvalue weighted by Gasteiger charge is 2.18. The molecule has 32 heavy (non-hydrogen) atoms. The lowest BCUT2D eigenvalue weighted by atomic mass is 10.1. The lowest BCUT2D eigenvalue weighted by Crippen LogP contribution is -2.29. The fourth-order valence-electron chi connectivity index (χ4n) is 3.04. The maximum atomic E-state index is 13.2. The van der Waals surface area contributed by atoms with Gasteiger partial charge in [-0.2, -0.15) is 0 Å². The van der Waals surface area contributed by atoms with Gasteiger partial charge in [-0.15, -0.1) is 0 Å². The van der Waals surface area contributed by atoms with Gasteiger partial charge in [0.1, 0.15) is 5.82 Å². The van der Waals surface area contributed by atoms with Crippen LogP contribution in [0.4, 0.5) is 10.1 Å². The average molecular weight is 457 g/mol. The van der Waals surface area contributed by atoms with E-state index in [1.54, 1.807) is 24.3 Å². The van der Waals surface area contributed by atoms with Gasteiger partial charge in [-0.1, -0.05) is 42.5 Å². The van der Waals surface area contributed by atoms with Crippen molar-refractivity contribution in [3.63, 3.8) is 0 Å². The van der Waals surface area contributed by atoms with E-state index in [0.29, 0.717) is 36.6 Å². The molecule has 0 atom stereocenters. The van der Waals surface area contributed by atoms with Crippen LogP contribution in [0.5, 0.6) is 0 Å². The number of hydrogen-bond acceptors (Lipinski definition) is 4. The molecule has 0 aliphatic heterocycles. The number of nitrogens with one attached hydrogen (secondary N) is 1. The zero-order valence-corrected chi connectivity index (χ0v) is 18.5. The molecule has 0 heterocycles. The van der Waals surface area contributed by atoms with Crippen molar-refractivity contribution in [1.82, 2.24) is 5.32 Å². The number of sulfonamides is 1. The summed E-state index contributed by atoms with van der Waals surface area (Å²) in [5.41, 5.74) is 2.59. The summed E-state index contributed by atoms with van der Waals surface area (Å²) >= 11 is 0. The molecule has 0 aromatic heterocycles. The van der Waals surface area contributed by atoms with Crippen molar-refractivity contribution in [2.45, 2.75) is 13.2 Å². The Kier molecular flexibility index (Phi) is 7.97. The Balaban J connectivity index is 1.52. The summed E-state index contributed by atoms with van der Waals surface area (Å²) in [4.78, 5) is 12.3. The first-order valence-corrected chi connectivity index (χ1v) is 11.9. The Morgan fingerprint density at radius 1 is 0.938 bits per heavy atom. The number of amides is 1. The third kappa shape index (κ3) is 6.90. The van der Waals surface area contributed by atoms with Crippen molar-refractivity contribution >= 4 is 21.6 Å². The lowest BCUT2D eigenvalue weighted by Gasteiger charge is -2.22. The predicted molar refractivity (Wildman–Crippen MR) is 122 cm³/mol. The van der Waals surface area contributed by atoms with Crippen LogP contribution in [-0.4, -0.2) is 33.7 Å². The van der Waals surface area contributed by atoms with Crippen molar-refractivity contribution < 1.29 is 22.3 Å². The van der Waals surface area contributed by atoms with Crippen molar-refractivity contribution in [2.24, 2.45) is 0 Å². The largest absolute Gasteiger partial charge is 0.375 e. The second kappa shape index (κ2) is 10.9. The molecule has 0 radical (unpaired) electrons. The van der Waals surface area contributed by atoms with E-state index in [4.69, 9.17) is 4.74 Å². The summed E-state index contributed by atoms with van der Waals surface area (Å²) in [5, 5.41) is 2.80. The molecule has 3 rings (SSSR count). The average Bonchev–Trinajstić information content (AvgIpc) is 2.78. The lowest BCUT2D eigenvalue weighted by molar-refractivity contribution is 0.0901. The molecule has 0 aliphatic rings. The molecule has 1 N–H and O–H groups in total. The van der Waals surface area contributed by atoms with Gasteiger partial charge in [0.05, 0.1) is 31.7 Å². The highest BCUT2D eigenvalue weighted by molar-refractivity contribution is 7.92. The molecule has 0 saturated heterocycles. The Bertz CT molecular complexity index is 1120. The van der Waals surface area contributed by atoms with Gasteiger partial charge in [-0.25, -0.2) is 12.8 Å². The van der Waals surface area contributed by atoms with Crippen LogP contribution in [0.2, 0.25) is 0 Å². The number of hydrogen-bond donors (Lipinski definition) is 1. The van der Waals surface area contributed by atoms with Gasteiger partial charge in [0.15, 0.2) is 0 Å². The second-order valence-corrected chi connectivity index (χ2v) is 9.14. The van der Waals surface area contributed by atoms with Gasteiger partial charge in [-0.3, -0.25) is 9.10 Å². The van der Waals surface area contributed by atoms with Crippen LogP contribution in [0.25, 0.3) is 0 Å². The monoisotopic (exact) mass is 456 g/mol. The summed E-state index contributed by atoms with van der Waals surface area (Å²) in [6.45, 7) is 1.32. The topological polar surface area (TPSA) is 75.7 Å². The summed E-state index contributed by atoms with van der Waals surface area (Å²) < 4.78 is 44.4. The zero-order chi connectivity index (χ0) is 23.0. The summed E-state index contributed by atoms with van der Waals surface area (Å²) in [7, 11) is -3.58. The smallest absolute Gasteiger partial charge is 0.251 e. The highest BCUT2D eigenvalue weighted by atomic mass is 32.2. The van der Waals surface area contributed by atoms with Crippen molar-refractivity contribution in [2.75, 3.05) is 23.7 Å². The minimum absolute atomic E-state index is 0.0691. The Morgan fingerprint density at radius 3 is 2.22 bits per heavy atom. The van der Waals surface area contributed by atoms with E-state index in [2.05, 4.69) is 5.32 Å². The third-order valence-corrected chi connectivity index (χ3v) is 5.84. The van der Waals surface area contributed by atoms with Crippen molar-refractivity contribution in [3.8, 4) is 0 Å². The minimum atomic E-state index is -3.58. The van der Waals surface area contributed by atoms with Crippen LogP contribution in [0, 0.1) is 5.82 Å². The molecule has 1 amide bonds. The van der Waals surface area contributed by atoms with E-state index in [0.717, 1.165) is 11.8 Å². The molecule has 0 aliphatic carbocycles. The molecule has 0 fully saturated rings. The molecule has 0 bridgehead atoms. The molecule has 0 unspecified atom stereocenters. The third-order valence-electron chi connectivity index (χ3n) is 4.70. The fraction of sp³-hybridized carbons (Fsp3) is 0.208. The van der Waals surface area contributed by atoms with Crippen molar-refractivity contribution in [1.29, 1.82) is 0 Å². The number of anilines is 1. The molecule has 3 aromatic rings. The Labute approximate surface area is 187 Å². The van der Waals surface area contributed by atoms with Gasteiger partial charge in [0.2, 0.25) is 10.0 Å². The Hall–Kier alpha value is -3.23. The zero-order valence-electron chi connectivity index (χ0n) is 17.7. The molecule has 8 heteroatoms. The first kappa shape index (κ1) is 23.4. The maximum Gasteiger partial charge on any atom is 0.251 e. The molecule has 0 saturated carbocycles. The van der Waals surface area contributed by atoms with E-state index in [-0.39, 0.29) is 12.5 Å². The van der Waals surface area contributed by atoms with Crippen molar-refractivity contribution in [3.05, 3.63) is 101 Å². The van der Waals surface area contributed by atoms with E-state index >= 15 is 0 Å². The number of halogens is 1. The van der Waals surface area contributed by atoms with Gasteiger partial charge in [0, 0.05) is 12.1 Å². The number of carbonyl (C=O) groups excluding carboxylic acids is 1. The van der Waals surface area contributed by atoms with Crippen LogP contribution in [0.3, 0.4) is 0 Å². The van der Waals surface area contributed by atoms with Crippen LogP contribution < -0.4 is 9.62 Å². The van der Waals surface area contributed by atoms with Crippen LogP contribution in [0.15, 0.2) is 78.9 Å². The summed E-state index contributed by atoms with van der Waals surface area (Å²) in [5.74, 6) is -0.679. The van der Waals surface area contributed by atoms with E-state index in [1.807, 2.05) is 30.3 Å². The van der Waals surface area contributed by atoms with Gasteiger partial charge < -0.3 is 10.1 Å². The van der Waals surface area contributed by atoms with Crippen LogP contribution in [0.1, 0.15) is 21.5 Å². The fourth-order valence-corrected chi connectivity index (χ4v) is 3.93. The number of benzene rings is 3. The van der Waals surface area contributed by atoms with Gasteiger partial charge >= 0.3 is 0 Å². The molecule has 0 spiro atoms. The first-order valence-electron chi connectivity index (χ1n) is 10.0. The molecular weight excluding hydrogens is 431 g/mol. The number of ether oxygens (including phenoxy) is 1. The SMILES string of the molecule is CS(=O)(=O)N(Cc1ccc(C(=O)NCCOCc2ccccc2)cc1)c1ccc(F)cc1. The van der Waals surface area contributed by atoms with E-state index in [1.165, 1.54) is 28.6 Å². The van der Waals surface area contributed by atoms with E-state index < -0.39 is 15.8 Å². The quantitative estimate of drug-likeness (QED) is 0.472. The van der Waals surface area contributed by atoms with Crippen LogP contribution in [-0.2, 0) is 27.9 Å². The predicted octanol–water partition coefficient (Wildman–Crippen LogP) is 3.74. The minimum Gasteiger partial charge on any atom is -0.375 e. The maximum absolute atomic E-state index is 13.2. The summed E-state index contributed by atoms with van der Waals surface area (Å²) in [6.07, 6.45) is 1.10. The van der Waals surface area contributed by atoms with Gasteiger partial charge in [-0.05, 0) is 47.5 Å². The highest BCUT2D eigenvalue weighted by Crippen LogP contribution is 2.21. The molecular formula is C24H25FN2O4S. The normalized spacial score (nSPS) is 11.2.